The fraction of sp³-hybridized carbons (Fsp3) is 0.636. The number of aryl methyl sites for hydroxylation is 1. The van der Waals surface area contributed by atoms with Crippen LogP contribution in [-0.4, -0.2) is 15.0 Å². The van der Waals surface area contributed by atoms with Crippen LogP contribution in [-0.2, 0) is 16.6 Å². The van der Waals surface area contributed by atoms with E-state index in [1.165, 1.54) is 11.3 Å². The lowest BCUT2D eigenvalue weighted by molar-refractivity contribution is 0.531. The molecule has 1 aromatic heterocycles. The van der Waals surface area contributed by atoms with E-state index in [-0.39, 0.29) is 5.41 Å². The number of hydrogen-bond acceptors (Lipinski definition) is 4. The number of sulfonamides is 1. The Morgan fingerprint density at radius 1 is 1.53 bits per heavy atom. The van der Waals surface area contributed by atoms with Gasteiger partial charge in [-0.05, 0) is 36.8 Å². The van der Waals surface area contributed by atoms with Crippen LogP contribution in [0.15, 0.2) is 10.3 Å². The first-order valence-electron chi connectivity index (χ1n) is 5.65. The highest BCUT2D eigenvalue weighted by Gasteiger charge is 2.38. The first-order chi connectivity index (χ1) is 7.86. The molecule has 1 aromatic rings. The third-order valence-electron chi connectivity index (χ3n) is 3.24. The molecule has 17 heavy (non-hydrogen) atoms. The van der Waals surface area contributed by atoms with E-state index in [4.69, 9.17) is 5.73 Å². The molecular formula is C11H18N2O2S2. The van der Waals surface area contributed by atoms with Gasteiger partial charge in [-0.15, -0.1) is 11.3 Å². The number of nitrogens with one attached hydrogen (secondary N) is 1. The summed E-state index contributed by atoms with van der Waals surface area (Å²) in [6.45, 7) is 4.91. The van der Waals surface area contributed by atoms with Crippen molar-refractivity contribution < 1.29 is 8.42 Å². The normalized spacial score (nSPS) is 18.3. The van der Waals surface area contributed by atoms with Crippen molar-refractivity contribution in [2.75, 3.05) is 6.54 Å². The quantitative estimate of drug-likeness (QED) is 0.856. The van der Waals surface area contributed by atoms with Gasteiger partial charge in [-0.3, -0.25) is 0 Å². The molecule has 0 unspecified atom stereocenters. The molecule has 0 spiro atoms. The van der Waals surface area contributed by atoms with Crippen molar-refractivity contribution >= 4 is 21.4 Å². The van der Waals surface area contributed by atoms with Crippen molar-refractivity contribution in [1.82, 2.24) is 4.72 Å². The third-order valence-corrected chi connectivity index (χ3v) is 6.38. The Kier molecular flexibility index (Phi) is 3.33. The highest BCUT2D eigenvalue weighted by Crippen LogP contribution is 2.44. The largest absolute Gasteiger partial charge is 0.326 e. The molecule has 0 amide bonds. The van der Waals surface area contributed by atoms with E-state index in [1.54, 1.807) is 6.07 Å². The maximum Gasteiger partial charge on any atom is 0.250 e. The summed E-state index contributed by atoms with van der Waals surface area (Å²) < 4.78 is 27.2. The smallest absolute Gasteiger partial charge is 0.250 e. The summed E-state index contributed by atoms with van der Waals surface area (Å²) in [5, 5.41) is 0. The van der Waals surface area contributed by atoms with Gasteiger partial charge in [0.25, 0.3) is 0 Å². The lowest BCUT2D eigenvalue weighted by Crippen LogP contribution is -2.28. The summed E-state index contributed by atoms with van der Waals surface area (Å²) in [7, 11) is -3.35. The summed E-state index contributed by atoms with van der Waals surface area (Å²) in [6.07, 6.45) is 2.21. The number of nitrogens with two attached hydrogens (primary N) is 1. The van der Waals surface area contributed by atoms with Gasteiger partial charge in [0.2, 0.25) is 10.0 Å². The second kappa shape index (κ2) is 4.35. The molecule has 1 fully saturated rings. The Bertz CT molecular complexity index is 516. The Balaban J connectivity index is 2.13. The molecule has 3 N–H and O–H groups in total. The average molecular weight is 274 g/mol. The first-order valence-corrected chi connectivity index (χ1v) is 7.95. The van der Waals surface area contributed by atoms with Crippen LogP contribution in [0, 0.1) is 12.3 Å². The molecule has 4 nitrogen and oxygen atoms in total. The summed E-state index contributed by atoms with van der Waals surface area (Å²) in [5.74, 6) is 0. The fourth-order valence-corrected chi connectivity index (χ4v) is 4.27. The summed E-state index contributed by atoms with van der Waals surface area (Å²) >= 11 is 1.26. The number of thiophene rings is 1. The van der Waals surface area contributed by atoms with Gasteiger partial charge >= 0.3 is 0 Å². The lowest BCUT2D eigenvalue weighted by Gasteiger charge is -2.09. The Morgan fingerprint density at radius 3 is 2.65 bits per heavy atom. The SMILES string of the molecule is Cc1cc(S(=O)(=O)NCC2(C)CC2)sc1CN. The van der Waals surface area contributed by atoms with Gasteiger partial charge in [0.1, 0.15) is 4.21 Å². The van der Waals surface area contributed by atoms with Crippen molar-refractivity contribution in [3.05, 3.63) is 16.5 Å². The molecule has 1 saturated carbocycles. The predicted octanol–water partition coefficient (Wildman–Crippen LogP) is 1.59. The van der Waals surface area contributed by atoms with Crippen LogP contribution in [0.25, 0.3) is 0 Å². The van der Waals surface area contributed by atoms with Crippen LogP contribution in [0.2, 0.25) is 0 Å². The van der Waals surface area contributed by atoms with Crippen molar-refractivity contribution in [2.45, 2.75) is 37.4 Å². The van der Waals surface area contributed by atoms with Gasteiger partial charge in [-0.1, -0.05) is 6.92 Å². The monoisotopic (exact) mass is 274 g/mol. The molecule has 6 heteroatoms. The Labute approximate surface area is 106 Å². The lowest BCUT2D eigenvalue weighted by atomic mass is 10.2. The van der Waals surface area contributed by atoms with Crippen molar-refractivity contribution in [3.8, 4) is 0 Å². The van der Waals surface area contributed by atoms with Crippen LogP contribution < -0.4 is 10.5 Å². The van der Waals surface area contributed by atoms with Crippen LogP contribution in [0.4, 0.5) is 0 Å². The summed E-state index contributed by atoms with van der Waals surface area (Å²) in [6, 6.07) is 1.70. The predicted molar refractivity (Wildman–Crippen MR) is 69.5 cm³/mol. The summed E-state index contributed by atoms with van der Waals surface area (Å²) in [5.41, 5.74) is 6.69. The molecule has 2 rings (SSSR count). The van der Waals surface area contributed by atoms with Gasteiger partial charge in [0, 0.05) is 18.0 Å². The zero-order chi connectivity index (χ0) is 12.7. The zero-order valence-electron chi connectivity index (χ0n) is 10.1. The van der Waals surface area contributed by atoms with Crippen molar-refractivity contribution in [3.63, 3.8) is 0 Å². The minimum atomic E-state index is -3.35. The Hall–Kier alpha value is -0.430. The standard InChI is InChI=1S/C11H18N2O2S2/c1-8-5-10(16-9(8)6-12)17(14,15)13-7-11(2)3-4-11/h5,13H,3-4,6-7,12H2,1-2H3. The molecule has 96 valence electrons. The molecule has 0 bridgehead atoms. The second-order valence-electron chi connectivity index (χ2n) is 5.01. The average Bonchev–Trinajstić information content (AvgIpc) is 2.87. The molecule has 0 aromatic carbocycles. The van der Waals surface area contributed by atoms with Crippen LogP contribution >= 0.6 is 11.3 Å². The van der Waals surface area contributed by atoms with E-state index in [9.17, 15) is 8.42 Å². The van der Waals surface area contributed by atoms with E-state index in [0.717, 1.165) is 23.3 Å². The molecule has 1 aliphatic rings. The van der Waals surface area contributed by atoms with E-state index < -0.39 is 10.0 Å². The number of rotatable bonds is 5. The van der Waals surface area contributed by atoms with E-state index in [2.05, 4.69) is 11.6 Å². The molecule has 1 aliphatic carbocycles. The third kappa shape index (κ3) is 2.88. The van der Waals surface area contributed by atoms with E-state index >= 15 is 0 Å². The molecule has 0 saturated heterocycles. The van der Waals surface area contributed by atoms with Gasteiger partial charge < -0.3 is 5.73 Å². The second-order valence-corrected chi connectivity index (χ2v) is 8.14. The molecular weight excluding hydrogens is 256 g/mol. The zero-order valence-corrected chi connectivity index (χ0v) is 11.7. The fourth-order valence-electron chi connectivity index (χ4n) is 1.55. The van der Waals surface area contributed by atoms with Crippen molar-refractivity contribution in [1.29, 1.82) is 0 Å². The van der Waals surface area contributed by atoms with E-state index in [1.807, 2.05) is 6.92 Å². The van der Waals surface area contributed by atoms with Crippen molar-refractivity contribution in [2.24, 2.45) is 11.1 Å². The van der Waals surface area contributed by atoms with Gasteiger partial charge in [-0.2, -0.15) is 0 Å². The molecule has 1 heterocycles. The number of hydrogen-bond donors (Lipinski definition) is 2. The van der Waals surface area contributed by atoms with Gasteiger partial charge in [0.05, 0.1) is 0 Å². The topological polar surface area (TPSA) is 72.2 Å². The Morgan fingerprint density at radius 2 is 2.18 bits per heavy atom. The van der Waals surface area contributed by atoms with E-state index in [0.29, 0.717) is 17.3 Å². The van der Waals surface area contributed by atoms with Gasteiger partial charge in [-0.25, -0.2) is 13.1 Å². The highest BCUT2D eigenvalue weighted by atomic mass is 32.2. The van der Waals surface area contributed by atoms with Gasteiger partial charge in [0.15, 0.2) is 0 Å². The molecule has 0 aliphatic heterocycles. The minimum Gasteiger partial charge on any atom is -0.326 e. The molecule has 0 radical (unpaired) electrons. The van der Waals surface area contributed by atoms with Crippen LogP contribution in [0.5, 0.6) is 0 Å². The minimum absolute atomic E-state index is 0.177. The van der Waals surface area contributed by atoms with Crippen LogP contribution in [0.3, 0.4) is 0 Å². The maximum atomic E-state index is 12.0. The first kappa shape index (κ1) is 13.0. The molecule has 0 atom stereocenters. The summed E-state index contributed by atoms with van der Waals surface area (Å²) in [4.78, 5) is 0.933. The maximum absolute atomic E-state index is 12.0. The van der Waals surface area contributed by atoms with Crippen LogP contribution in [0.1, 0.15) is 30.2 Å². The highest BCUT2D eigenvalue weighted by molar-refractivity contribution is 7.91.